The molecule has 1 aliphatic rings. The Kier molecular flexibility index (Phi) is 6.10. The number of nitro groups is 1. The smallest absolute Gasteiger partial charge is 0.361 e. The van der Waals surface area contributed by atoms with Gasteiger partial charge in [0.05, 0.1) is 16.4 Å². The molecule has 0 unspecified atom stereocenters. The van der Waals surface area contributed by atoms with E-state index in [2.05, 4.69) is 10.1 Å². The molecule has 0 N–H and O–H groups in total. The maximum Gasteiger partial charge on any atom is 0.361 e. The summed E-state index contributed by atoms with van der Waals surface area (Å²) >= 11 is 0. The van der Waals surface area contributed by atoms with Gasteiger partial charge < -0.3 is 21.7 Å². The third-order valence-electron chi connectivity index (χ3n) is 3.95. The lowest BCUT2D eigenvalue weighted by Gasteiger charge is -2.25. The van der Waals surface area contributed by atoms with E-state index in [1.165, 1.54) is 37.5 Å². The minimum Gasteiger partial charge on any atom is -1.00 e. The first-order chi connectivity index (χ1) is 11.1. The molecule has 8 nitrogen and oxygen atoms in total. The molecule has 0 spiro atoms. The first-order valence-corrected chi connectivity index (χ1v) is 7.58. The Hall–Kier alpha value is -2.19. The molecule has 9 heteroatoms. The van der Waals surface area contributed by atoms with Gasteiger partial charge in [0.1, 0.15) is 6.61 Å². The normalized spacial score (nSPS) is 15.0. The van der Waals surface area contributed by atoms with Crippen molar-refractivity contribution in [2.24, 2.45) is 0 Å². The van der Waals surface area contributed by atoms with E-state index in [4.69, 9.17) is 9.26 Å². The van der Waals surface area contributed by atoms with Crippen LogP contribution in [0.5, 0.6) is 0 Å². The summed E-state index contributed by atoms with van der Waals surface area (Å²) < 4.78 is 10.2. The van der Waals surface area contributed by atoms with Crippen LogP contribution in [-0.4, -0.2) is 47.2 Å². The molecule has 1 aromatic heterocycles. The predicted octanol–water partition coefficient (Wildman–Crippen LogP) is -0.617. The van der Waals surface area contributed by atoms with E-state index in [1.807, 2.05) is 0 Å². The highest BCUT2D eigenvalue weighted by Gasteiger charge is 2.20. The van der Waals surface area contributed by atoms with Crippen molar-refractivity contribution in [1.29, 1.82) is 0 Å². The lowest BCUT2D eigenvalue weighted by atomic mass is 10.1. The molecule has 2 heterocycles. The number of nitrogens with zero attached hydrogens (tertiary/aromatic N) is 3. The summed E-state index contributed by atoms with van der Waals surface area (Å²) in [5.41, 5.74) is 0.134. The number of non-ortho nitro benzene ring substituents is 1. The van der Waals surface area contributed by atoms with Crippen LogP contribution in [0.4, 0.5) is 5.69 Å². The zero-order valence-corrected chi connectivity index (χ0v) is 13.7. The Balaban J connectivity index is 0.00000208. The fourth-order valence-corrected chi connectivity index (χ4v) is 2.71. The van der Waals surface area contributed by atoms with Crippen molar-refractivity contribution in [2.45, 2.75) is 19.3 Å². The predicted molar refractivity (Wildman–Crippen MR) is 81.2 cm³/mol. The molecule has 2 aromatic rings. The number of halogens is 1. The van der Waals surface area contributed by atoms with Gasteiger partial charge in [0.15, 0.2) is 11.3 Å². The number of esters is 1. The number of ether oxygens (including phenoxy) is 1. The zero-order valence-electron chi connectivity index (χ0n) is 12.9. The quantitative estimate of drug-likeness (QED) is 0.401. The van der Waals surface area contributed by atoms with Crippen molar-refractivity contribution >= 4 is 22.6 Å². The molecular formula is C15H17ClN3O5-. The third-order valence-corrected chi connectivity index (χ3v) is 3.95. The largest absolute Gasteiger partial charge is 1.00 e. The summed E-state index contributed by atoms with van der Waals surface area (Å²) in [6.07, 6.45) is 3.62. The van der Waals surface area contributed by atoms with Crippen LogP contribution in [0.25, 0.3) is 11.0 Å². The van der Waals surface area contributed by atoms with E-state index < -0.39 is 10.9 Å². The van der Waals surface area contributed by atoms with Crippen LogP contribution in [0.3, 0.4) is 0 Å². The second-order valence-electron chi connectivity index (χ2n) is 5.51. The number of hydrogen-bond acceptors (Lipinski definition) is 7. The summed E-state index contributed by atoms with van der Waals surface area (Å²) in [6.45, 7) is 3.06. The minimum absolute atomic E-state index is 0. The maximum atomic E-state index is 12.1. The Morgan fingerprint density at radius 3 is 2.79 bits per heavy atom. The highest BCUT2D eigenvalue weighted by atomic mass is 35.5. The van der Waals surface area contributed by atoms with Gasteiger partial charge >= 0.3 is 5.97 Å². The van der Waals surface area contributed by atoms with Crippen molar-refractivity contribution in [1.82, 2.24) is 10.1 Å². The molecule has 0 bridgehead atoms. The summed E-state index contributed by atoms with van der Waals surface area (Å²) in [7, 11) is 0. The second kappa shape index (κ2) is 8.07. The molecule has 1 saturated heterocycles. The third kappa shape index (κ3) is 4.01. The van der Waals surface area contributed by atoms with Gasteiger partial charge in [-0.2, -0.15) is 0 Å². The molecule has 1 fully saturated rings. The molecule has 0 radical (unpaired) electrons. The number of benzene rings is 1. The average molecular weight is 355 g/mol. The molecular weight excluding hydrogens is 338 g/mol. The molecule has 0 aliphatic carbocycles. The molecule has 130 valence electrons. The van der Waals surface area contributed by atoms with Crippen LogP contribution in [0.15, 0.2) is 22.7 Å². The van der Waals surface area contributed by atoms with Crippen molar-refractivity contribution in [2.75, 3.05) is 26.2 Å². The summed E-state index contributed by atoms with van der Waals surface area (Å²) in [4.78, 5) is 24.5. The van der Waals surface area contributed by atoms with Gasteiger partial charge in [0.2, 0.25) is 0 Å². The zero-order chi connectivity index (χ0) is 16.2. The Morgan fingerprint density at radius 1 is 1.33 bits per heavy atom. The van der Waals surface area contributed by atoms with Crippen molar-refractivity contribution in [3.05, 3.63) is 34.0 Å². The number of rotatable bonds is 5. The number of aromatic nitrogens is 1. The second-order valence-corrected chi connectivity index (χ2v) is 5.51. The minimum atomic E-state index is -0.574. The fraction of sp³-hybridized carbons (Fsp3) is 0.467. The summed E-state index contributed by atoms with van der Waals surface area (Å²) in [5.74, 6) is -0.574. The topological polar surface area (TPSA) is 98.7 Å². The molecule has 0 atom stereocenters. The number of carbonyl (C=O) groups excluding carboxylic acids is 1. The van der Waals surface area contributed by atoms with Crippen LogP contribution in [0.1, 0.15) is 29.8 Å². The lowest BCUT2D eigenvalue weighted by Crippen LogP contribution is -3.00. The molecule has 1 aromatic carbocycles. The fourth-order valence-electron chi connectivity index (χ4n) is 2.71. The van der Waals surface area contributed by atoms with Gasteiger partial charge in [-0.15, -0.1) is 0 Å². The van der Waals surface area contributed by atoms with Gasteiger partial charge in [-0.25, -0.2) is 4.79 Å². The maximum absolute atomic E-state index is 12.1. The van der Waals surface area contributed by atoms with Gasteiger partial charge in [-0.3, -0.25) is 15.0 Å². The van der Waals surface area contributed by atoms with Crippen LogP contribution in [0.2, 0.25) is 0 Å². The Morgan fingerprint density at radius 2 is 2.08 bits per heavy atom. The van der Waals surface area contributed by atoms with Crippen LogP contribution in [0, 0.1) is 10.1 Å². The summed E-state index contributed by atoms with van der Waals surface area (Å²) in [5, 5.41) is 14.8. The van der Waals surface area contributed by atoms with E-state index in [0.717, 1.165) is 13.1 Å². The van der Waals surface area contributed by atoms with E-state index >= 15 is 0 Å². The number of carbonyl (C=O) groups is 1. The first-order valence-electron chi connectivity index (χ1n) is 7.58. The average Bonchev–Trinajstić information content (AvgIpc) is 2.99. The molecule has 0 saturated carbocycles. The van der Waals surface area contributed by atoms with Crippen LogP contribution >= 0.6 is 0 Å². The number of fused-ring (bicyclic) bond motifs is 1. The molecule has 0 amide bonds. The SMILES string of the molecule is O=C(OCCN1CCCCC1)c1noc2cc([N+](=O)[O-])ccc12.[Cl-]. The van der Waals surface area contributed by atoms with E-state index in [0.29, 0.717) is 18.5 Å². The van der Waals surface area contributed by atoms with Gasteiger partial charge in [0.25, 0.3) is 5.69 Å². The first kappa shape index (κ1) is 18.2. The number of hydrogen-bond donors (Lipinski definition) is 0. The number of piperidine rings is 1. The van der Waals surface area contributed by atoms with Gasteiger partial charge in [-0.05, 0) is 32.0 Å². The van der Waals surface area contributed by atoms with Crippen molar-refractivity contribution in [3.8, 4) is 0 Å². The Bertz CT molecular complexity index is 727. The molecule has 3 rings (SSSR count). The highest BCUT2D eigenvalue weighted by Crippen LogP contribution is 2.24. The highest BCUT2D eigenvalue weighted by molar-refractivity contribution is 6.01. The van der Waals surface area contributed by atoms with Crippen LogP contribution in [-0.2, 0) is 4.74 Å². The summed E-state index contributed by atoms with van der Waals surface area (Å²) in [6, 6.07) is 4.00. The van der Waals surface area contributed by atoms with Gasteiger partial charge in [0, 0.05) is 12.6 Å². The van der Waals surface area contributed by atoms with E-state index in [9.17, 15) is 14.9 Å². The Labute approximate surface area is 144 Å². The number of likely N-dealkylation sites (tertiary alicyclic amines) is 1. The molecule has 24 heavy (non-hydrogen) atoms. The monoisotopic (exact) mass is 354 g/mol. The molecule has 1 aliphatic heterocycles. The van der Waals surface area contributed by atoms with Crippen molar-refractivity contribution in [3.63, 3.8) is 0 Å². The standard InChI is InChI=1S/C15H17N3O5.ClH/c19-15(22-9-8-17-6-2-1-3-7-17)14-12-5-4-11(18(20)21)10-13(12)23-16-14;/h4-5,10H,1-3,6-9H2;1H/p-1. The van der Waals surface area contributed by atoms with Crippen LogP contribution < -0.4 is 12.4 Å². The van der Waals surface area contributed by atoms with Crippen molar-refractivity contribution < 1.29 is 31.4 Å². The van der Waals surface area contributed by atoms with E-state index in [-0.39, 0.29) is 29.4 Å². The van der Waals surface area contributed by atoms with Gasteiger partial charge in [-0.1, -0.05) is 11.6 Å². The van der Waals surface area contributed by atoms with E-state index in [1.54, 1.807) is 0 Å². The lowest BCUT2D eigenvalue weighted by molar-refractivity contribution is -0.384. The number of nitro benzene ring substituents is 1.